The zero-order chi connectivity index (χ0) is 20.5. The summed E-state index contributed by atoms with van der Waals surface area (Å²) in [5, 5.41) is 8.41. The van der Waals surface area contributed by atoms with Crippen molar-refractivity contribution < 1.29 is 9.59 Å². The summed E-state index contributed by atoms with van der Waals surface area (Å²) in [6.07, 6.45) is 0.941. The summed E-state index contributed by atoms with van der Waals surface area (Å²) in [7, 11) is 0. The zero-order valence-electron chi connectivity index (χ0n) is 17.0. The largest absolute Gasteiger partial charge is 0.355 e. The normalized spacial score (nSPS) is 15.8. The Morgan fingerprint density at radius 1 is 1.07 bits per heavy atom. The van der Waals surface area contributed by atoms with E-state index in [9.17, 15) is 9.59 Å². The van der Waals surface area contributed by atoms with Gasteiger partial charge in [-0.3, -0.25) is 19.8 Å². The first-order valence-electron chi connectivity index (χ1n) is 10.3. The molecule has 2 N–H and O–H groups in total. The number of hydrogen-bond acceptors (Lipinski definition) is 5. The average molecular weight is 415 g/mol. The van der Waals surface area contributed by atoms with Gasteiger partial charge in [-0.05, 0) is 23.4 Å². The molecule has 1 aromatic carbocycles. The Morgan fingerprint density at radius 2 is 1.83 bits per heavy atom. The molecule has 7 heteroatoms. The van der Waals surface area contributed by atoms with Gasteiger partial charge in [0.15, 0.2) is 0 Å². The molecular formula is C22H30N4O2S. The van der Waals surface area contributed by atoms with Crippen LogP contribution in [0.2, 0.25) is 0 Å². The lowest BCUT2D eigenvalue weighted by Gasteiger charge is -2.34. The van der Waals surface area contributed by atoms with Crippen LogP contribution in [0, 0.1) is 0 Å². The highest BCUT2D eigenvalue weighted by Gasteiger charge is 2.23. The van der Waals surface area contributed by atoms with Gasteiger partial charge >= 0.3 is 0 Å². The lowest BCUT2D eigenvalue weighted by atomic mass is 10.1. The molecule has 2 amide bonds. The van der Waals surface area contributed by atoms with Crippen molar-refractivity contribution in [3.05, 3.63) is 58.3 Å². The molecular weight excluding hydrogens is 384 g/mol. The van der Waals surface area contributed by atoms with Crippen molar-refractivity contribution in [2.24, 2.45) is 0 Å². The molecule has 0 saturated carbocycles. The second-order valence-corrected chi connectivity index (χ2v) is 8.23. The molecule has 0 aliphatic carbocycles. The number of hydrogen-bond donors (Lipinski definition) is 2. The summed E-state index contributed by atoms with van der Waals surface area (Å²) >= 11 is 1.69. The Morgan fingerprint density at radius 3 is 2.48 bits per heavy atom. The van der Waals surface area contributed by atoms with E-state index in [4.69, 9.17) is 0 Å². The van der Waals surface area contributed by atoms with Crippen LogP contribution in [0.25, 0.3) is 0 Å². The molecule has 0 unspecified atom stereocenters. The Balaban J connectivity index is 1.48. The van der Waals surface area contributed by atoms with Gasteiger partial charge in [0.05, 0.1) is 19.1 Å². The smallest absolute Gasteiger partial charge is 0.236 e. The third-order valence-electron chi connectivity index (χ3n) is 5.08. The zero-order valence-corrected chi connectivity index (χ0v) is 17.8. The fourth-order valence-electron chi connectivity index (χ4n) is 3.46. The van der Waals surface area contributed by atoms with E-state index in [1.54, 1.807) is 11.3 Å². The van der Waals surface area contributed by atoms with E-state index in [1.165, 1.54) is 4.88 Å². The van der Waals surface area contributed by atoms with Crippen LogP contribution in [0.5, 0.6) is 0 Å². The molecule has 6 nitrogen and oxygen atoms in total. The summed E-state index contributed by atoms with van der Waals surface area (Å²) in [5.74, 6) is 0.174. The number of nitrogens with zero attached hydrogens (tertiary/aromatic N) is 2. The van der Waals surface area contributed by atoms with E-state index in [1.807, 2.05) is 36.1 Å². The number of nitrogens with one attached hydrogen (secondary N) is 2. The Kier molecular flexibility index (Phi) is 8.22. The van der Waals surface area contributed by atoms with Crippen molar-refractivity contribution >= 4 is 23.2 Å². The number of piperazine rings is 1. The van der Waals surface area contributed by atoms with E-state index in [0.717, 1.165) is 31.6 Å². The molecule has 2 aromatic rings. The molecule has 156 valence electrons. The maximum atomic E-state index is 12.7. The van der Waals surface area contributed by atoms with Gasteiger partial charge in [0.25, 0.3) is 0 Å². The predicted molar refractivity (Wildman–Crippen MR) is 117 cm³/mol. The van der Waals surface area contributed by atoms with E-state index < -0.39 is 0 Å². The number of carbonyl (C=O) groups is 2. The maximum Gasteiger partial charge on any atom is 0.236 e. The van der Waals surface area contributed by atoms with Crippen molar-refractivity contribution in [1.29, 1.82) is 0 Å². The van der Waals surface area contributed by atoms with Crippen LogP contribution in [0.3, 0.4) is 0 Å². The lowest BCUT2D eigenvalue weighted by molar-refractivity contribution is -0.132. The fourth-order valence-corrected chi connectivity index (χ4v) is 4.29. The molecule has 1 aromatic heterocycles. The molecule has 3 rings (SSSR count). The van der Waals surface area contributed by atoms with Gasteiger partial charge in [-0.25, -0.2) is 0 Å². The van der Waals surface area contributed by atoms with Gasteiger partial charge in [-0.15, -0.1) is 11.3 Å². The van der Waals surface area contributed by atoms with Crippen molar-refractivity contribution in [2.45, 2.75) is 19.4 Å². The minimum absolute atomic E-state index is 0.0173. The highest BCUT2D eigenvalue weighted by molar-refractivity contribution is 7.10. The third-order valence-corrected chi connectivity index (χ3v) is 6.02. The SMILES string of the molecule is CCCNC(=O)CN1CCN(C(=O)CN[C@H](c2ccccc2)c2cccs2)CC1. The first-order chi connectivity index (χ1) is 14.2. The van der Waals surface area contributed by atoms with Gasteiger partial charge in [0, 0.05) is 37.6 Å². The fraction of sp³-hybridized carbons (Fsp3) is 0.455. The van der Waals surface area contributed by atoms with Crippen molar-refractivity contribution in [1.82, 2.24) is 20.4 Å². The van der Waals surface area contributed by atoms with Crippen LogP contribution in [0.15, 0.2) is 47.8 Å². The first-order valence-corrected chi connectivity index (χ1v) is 11.1. The Labute approximate surface area is 176 Å². The van der Waals surface area contributed by atoms with Crippen LogP contribution in [-0.2, 0) is 9.59 Å². The van der Waals surface area contributed by atoms with E-state index >= 15 is 0 Å². The predicted octanol–water partition coefficient (Wildman–Crippen LogP) is 2.10. The molecule has 2 heterocycles. The molecule has 1 saturated heterocycles. The van der Waals surface area contributed by atoms with Crippen molar-refractivity contribution in [3.63, 3.8) is 0 Å². The molecule has 0 bridgehead atoms. The second kappa shape index (κ2) is 11.1. The number of benzene rings is 1. The van der Waals surface area contributed by atoms with Gasteiger partial charge in [-0.1, -0.05) is 43.3 Å². The summed E-state index contributed by atoms with van der Waals surface area (Å²) in [6, 6.07) is 14.4. The minimum atomic E-state index is 0.0173. The topological polar surface area (TPSA) is 64.7 Å². The van der Waals surface area contributed by atoms with E-state index in [2.05, 4.69) is 39.1 Å². The van der Waals surface area contributed by atoms with Crippen LogP contribution < -0.4 is 10.6 Å². The molecule has 1 aliphatic rings. The summed E-state index contributed by atoms with van der Waals surface area (Å²) in [4.78, 5) is 29.8. The summed E-state index contributed by atoms with van der Waals surface area (Å²) < 4.78 is 0. The van der Waals surface area contributed by atoms with Crippen LogP contribution >= 0.6 is 11.3 Å². The lowest BCUT2D eigenvalue weighted by Crippen LogP contribution is -2.52. The molecule has 1 aliphatic heterocycles. The highest BCUT2D eigenvalue weighted by Crippen LogP contribution is 2.25. The minimum Gasteiger partial charge on any atom is -0.355 e. The molecule has 0 spiro atoms. The van der Waals surface area contributed by atoms with Crippen molar-refractivity contribution in [2.75, 3.05) is 45.8 Å². The third kappa shape index (κ3) is 6.39. The van der Waals surface area contributed by atoms with Crippen LogP contribution in [0.4, 0.5) is 0 Å². The van der Waals surface area contributed by atoms with Gasteiger partial charge in [0.1, 0.15) is 0 Å². The van der Waals surface area contributed by atoms with Crippen molar-refractivity contribution in [3.8, 4) is 0 Å². The van der Waals surface area contributed by atoms with Crippen LogP contribution in [0.1, 0.15) is 29.8 Å². The molecule has 1 atom stereocenters. The average Bonchev–Trinajstić information content (AvgIpc) is 3.28. The molecule has 1 fully saturated rings. The monoisotopic (exact) mass is 414 g/mol. The highest BCUT2D eigenvalue weighted by atomic mass is 32.1. The molecule has 0 radical (unpaired) electrons. The van der Waals surface area contributed by atoms with Gasteiger partial charge in [-0.2, -0.15) is 0 Å². The number of thiophene rings is 1. The van der Waals surface area contributed by atoms with E-state index in [-0.39, 0.29) is 17.9 Å². The maximum absolute atomic E-state index is 12.7. The standard InChI is InChI=1S/C22H30N4O2S/c1-2-10-23-20(27)17-25-11-13-26(14-12-25)21(28)16-24-22(19-9-6-15-29-19)18-7-4-3-5-8-18/h3-9,15,22,24H,2,10-14,16-17H2,1H3,(H,23,27)/t22-/m1/s1. The number of rotatable bonds is 9. The van der Waals surface area contributed by atoms with Gasteiger partial charge < -0.3 is 10.2 Å². The second-order valence-electron chi connectivity index (χ2n) is 7.25. The van der Waals surface area contributed by atoms with Gasteiger partial charge in [0.2, 0.25) is 11.8 Å². The Bertz CT molecular complexity index is 758. The van der Waals surface area contributed by atoms with E-state index in [0.29, 0.717) is 26.2 Å². The first kappa shape index (κ1) is 21.5. The summed E-state index contributed by atoms with van der Waals surface area (Å²) in [6.45, 7) is 6.27. The Hall–Kier alpha value is -2.22. The summed E-state index contributed by atoms with van der Waals surface area (Å²) in [5.41, 5.74) is 1.16. The van der Waals surface area contributed by atoms with Crippen LogP contribution in [-0.4, -0.2) is 67.4 Å². The quantitative estimate of drug-likeness (QED) is 0.660. The molecule has 29 heavy (non-hydrogen) atoms. The number of amides is 2. The number of carbonyl (C=O) groups excluding carboxylic acids is 2.